The minimum atomic E-state index is -0.141. The standard InChI is InChI=1S/C7H9N5O2.H2O/c8-6(11-13)4-2-1-3-5(10-4)7(9)12-14;/h1-3,13-14H,(H2,8,11)(H2,9,12);1H2. The second-order valence-electron chi connectivity index (χ2n) is 2.38. The normalized spacial score (nSPS) is 12.0. The van der Waals surface area contributed by atoms with Crippen molar-refractivity contribution in [3.05, 3.63) is 29.6 Å². The Hall–Kier alpha value is -2.35. The molecule has 0 spiro atoms. The Kier molecular flexibility index (Phi) is 4.55. The number of oxime groups is 2. The molecule has 1 rings (SSSR count). The molecule has 8 heteroatoms. The predicted molar refractivity (Wildman–Crippen MR) is 52.9 cm³/mol. The second-order valence-corrected chi connectivity index (χ2v) is 2.38. The maximum absolute atomic E-state index is 8.39. The molecule has 0 radical (unpaired) electrons. The summed E-state index contributed by atoms with van der Waals surface area (Å²) in [6.45, 7) is 0. The number of aromatic nitrogens is 1. The monoisotopic (exact) mass is 213 g/mol. The van der Waals surface area contributed by atoms with Crippen LogP contribution < -0.4 is 11.5 Å². The zero-order valence-electron chi connectivity index (χ0n) is 7.62. The maximum atomic E-state index is 8.39. The zero-order valence-corrected chi connectivity index (χ0v) is 7.62. The Balaban J connectivity index is 0.00000196. The van der Waals surface area contributed by atoms with E-state index in [9.17, 15) is 0 Å². The highest BCUT2D eigenvalue weighted by Gasteiger charge is 2.04. The molecule has 0 aliphatic carbocycles. The quantitative estimate of drug-likeness (QED) is 0.202. The molecular formula is C7H11N5O3. The molecule has 0 bridgehead atoms. The summed E-state index contributed by atoms with van der Waals surface area (Å²) in [5.41, 5.74) is 11.1. The zero-order chi connectivity index (χ0) is 10.6. The van der Waals surface area contributed by atoms with Gasteiger partial charge in [0.1, 0.15) is 11.4 Å². The van der Waals surface area contributed by atoms with Crippen LogP contribution in [-0.4, -0.2) is 32.5 Å². The van der Waals surface area contributed by atoms with E-state index in [4.69, 9.17) is 21.9 Å². The van der Waals surface area contributed by atoms with E-state index in [1.165, 1.54) is 12.1 Å². The van der Waals surface area contributed by atoms with Gasteiger partial charge in [-0.2, -0.15) is 0 Å². The largest absolute Gasteiger partial charge is 0.412 e. The molecule has 15 heavy (non-hydrogen) atoms. The van der Waals surface area contributed by atoms with Crippen LogP contribution >= 0.6 is 0 Å². The maximum Gasteiger partial charge on any atom is 0.188 e. The van der Waals surface area contributed by atoms with Gasteiger partial charge in [0.25, 0.3) is 0 Å². The smallest absolute Gasteiger partial charge is 0.188 e. The molecule has 0 atom stereocenters. The van der Waals surface area contributed by atoms with Crippen LogP contribution in [0, 0.1) is 0 Å². The summed E-state index contributed by atoms with van der Waals surface area (Å²) in [5.74, 6) is -0.282. The van der Waals surface area contributed by atoms with Crippen molar-refractivity contribution in [1.82, 2.24) is 4.98 Å². The van der Waals surface area contributed by atoms with Gasteiger partial charge in [0.05, 0.1) is 0 Å². The first-order chi connectivity index (χ1) is 6.69. The summed E-state index contributed by atoms with van der Waals surface area (Å²) in [5, 5.41) is 22.3. The molecule has 0 unspecified atom stereocenters. The average molecular weight is 213 g/mol. The van der Waals surface area contributed by atoms with Gasteiger partial charge in [0, 0.05) is 0 Å². The fourth-order valence-corrected chi connectivity index (χ4v) is 0.822. The molecule has 8 N–H and O–H groups in total. The summed E-state index contributed by atoms with van der Waals surface area (Å²) in [6, 6.07) is 4.65. The van der Waals surface area contributed by atoms with E-state index in [1.807, 2.05) is 0 Å². The number of amidine groups is 2. The Morgan fingerprint density at radius 2 is 1.47 bits per heavy atom. The van der Waals surface area contributed by atoms with E-state index in [-0.39, 0.29) is 28.5 Å². The fraction of sp³-hybridized carbons (Fsp3) is 0. The van der Waals surface area contributed by atoms with Gasteiger partial charge in [-0.3, -0.25) is 0 Å². The van der Waals surface area contributed by atoms with Crippen molar-refractivity contribution in [1.29, 1.82) is 0 Å². The van der Waals surface area contributed by atoms with Crippen LogP contribution in [0.3, 0.4) is 0 Å². The number of rotatable bonds is 2. The third-order valence-electron chi connectivity index (χ3n) is 1.49. The minimum absolute atomic E-state index is 0. The van der Waals surface area contributed by atoms with Crippen LogP contribution in [0.5, 0.6) is 0 Å². The molecule has 1 aromatic rings. The van der Waals surface area contributed by atoms with Crippen molar-refractivity contribution in [2.75, 3.05) is 0 Å². The lowest BCUT2D eigenvalue weighted by Gasteiger charge is -2.00. The summed E-state index contributed by atoms with van der Waals surface area (Å²) >= 11 is 0. The number of pyridine rings is 1. The molecule has 0 saturated heterocycles. The van der Waals surface area contributed by atoms with Crippen LogP contribution in [0.1, 0.15) is 11.4 Å². The van der Waals surface area contributed by atoms with Gasteiger partial charge in [-0.05, 0) is 12.1 Å². The van der Waals surface area contributed by atoms with Crippen LogP contribution in [0.2, 0.25) is 0 Å². The lowest BCUT2D eigenvalue weighted by Crippen LogP contribution is -2.20. The minimum Gasteiger partial charge on any atom is -0.412 e. The second kappa shape index (κ2) is 5.40. The highest BCUT2D eigenvalue weighted by molar-refractivity contribution is 5.98. The van der Waals surface area contributed by atoms with E-state index in [0.29, 0.717) is 0 Å². The first-order valence-electron chi connectivity index (χ1n) is 3.62. The fourth-order valence-electron chi connectivity index (χ4n) is 0.822. The number of hydrogen-bond donors (Lipinski definition) is 4. The summed E-state index contributed by atoms with van der Waals surface area (Å²) in [4.78, 5) is 3.88. The molecule has 1 aromatic heterocycles. The van der Waals surface area contributed by atoms with E-state index < -0.39 is 0 Å². The van der Waals surface area contributed by atoms with Crippen LogP contribution in [0.25, 0.3) is 0 Å². The first-order valence-corrected chi connectivity index (χ1v) is 3.62. The van der Waals surface area contributed by atoms with Crippen molar-refractivity contribution >= 4 is 11.7 Å². The van der Waals surface area contributed by atoms with Crippen LogP contribution in [0.4, 0.5) is 0 Å². The van der Waals surface area contributed by atoms with Crippen molar-refractivity contribution in [2.24, 2.45) is 21.8 Å². The molecule has 0 aliphatic rings. The molecule has 8 nitrogen and oxygen atoms in total. The molecule has 0 aromatic carbocycles. The third-order valence-corrected chi connectivity index (χ3v) is 1.49. The third kappa shape index (κ3) is 2.81. The van der Waals surface area contributed by atoms with Gasteiger partial charge in [-0.25, -0.2) is 4.98 Å². The first kappa shape index (κ1) is 12.7. The number of nitrogens with zero attached hydrogens (tertiary/aromatic N) is 3. The highest BCUT2D eigenvalue weighted by atomic mass is 16.4. The number of hydrogen-bond acceptors (Lipinski definition) is 5. The highest BCUT2D eigenvalue weighted by Crippen LogP contribution is 1.98. The van der Waals surface area contributed by atoms with Gasteiger partial charge >= 0.3 is 0 Å². The van der Waals surface area contributed by atoms with Gasteiger partial charge in [0.2, 0.25) is 0 Å². The average Bonchev–Trinajstić information content (AvgIpc) is 2.27. The molecule has 0 saturated carbocycles. The van der Waals surface area contributed by atoms with Crippen LogP contribution in [-0.2, 0) is 0 Å². The summed E-state index contributed by atoms with van der Waals surface area (Å²) in [6.07, 6.45) is 0. The van der Waals surface area contributed by atoms with E-state index in [0.717, 1.165) is 0 Å². The topological polar surface area (TPSA) is 162 Å². The van der Waals surface area contributed by atoms with Crippen LogP contribution in [0.15, 0.2) is 28.5 Å². The molecular weight excluding hydrogens is 202 g/mol. The van der Waals surface area contributed by atoms with Gasteiger partial charge < -0.3 is 27.4 Å². The van der Waals surface area contributed by atoms with Crippen molar-refractivity contribution < 1.29 is 15.9 Å². The lowest BCUT2D eigenvalue weighted by molar-refractivity contribution is 0.318. The Labute approximate surface area is 84.8 Å². The van der Waals surface area contributed by atoms with Crippen molar-refractivity contribution in [3.8, 4) is 0 Å². The molecule has 0 aliphatic heterocycles. The van der Waals surface area contributed by atoms with Gasteiger partial charge in [-0.15, -0.1) is 0 Å². The molecule has 1 heterocycles. The predicted octanol–water partition coefficient (Wildman–Crippen LogP) is -1.55. The van der Waals surface area contributed by atoms with E-state index in [2.05, 4.69) is 15.3 Å². The van der Waals surface area contributed by atoms with E-state index in [1.54, 1.807) is 6.07 Å². The molecule has 0 amide bonds. The number of nitrogens with two attached hydrogens (primary N) is 2. The Morgan fingerprint density at radius 3 is 1.80 bits per heavy atom. The molecule has 82 valence electrons. The summed E-state index contributed by atoms with van der Waals surface area (Å²) < 4.78 is 0. The van der Waals surface area contributed by atoms with E-state index >= 15 is 0 Å². The van der Waals surface area contributed by atoms with Gasteiger partial charge in [0.15, 0.2) is 11.7 Å². The van der Waals surface area contributed by atoms with Gasteiger partial charge in [-0.1, -0.05) is 16.4 Å². The van der Waals surface area contributed by atoms with Crippen molar-refractivity contribution in [3.63, 3.8) is 0 Å². The van der Waals surface area contributed by atoms with Crippen molar-refractivity contribution in [2.45, 2.75) is 0 Å². The summed E-state index contributed by atoms with van der Waals surface area (Å²) in [7, 11) is 0. The Bertz CT molecular complexity index is 357. The Morgan fingerprint density at radius 1 is 1.07 bits per heavy atom. The SMILES string of the molecule is N/C(=N\O)c1cccc(/C(N)=N/O)n1.O. The molecule has 0 fully saturated rings. The lowest BCUT2D eigenvalue weighted by atomic mass is 10.3.